The molecule has 0 radical (unpaired) electrons. The number of aromatic nitrogens is 1. The molecular formula is C25H24F2N2O3. The van der Waals surface area contributed by atoms with E-state index in [1.807, 2.05) is 6.07 Å². The highest BCUT2D eigenvalue weighted by Crippen LogP contribution is 2.30. The number of esters is 1. The minimum Gasteiger partial charge on any atom is -0.464 e. The molecule has 1 saturated heterocycles. The lowest BCUT2D eigenvalue weighted by Gasteiger charge is -2.24. The zero-order valence-electron chi connectivity index (χ0n) is 17.7. The molecule has 0 spiro atoms. The van der Waals surface area contributed by atoms with Crippen LogP contribution in [-0.4, -0.2) is 42.2 Å². The Morgan fingerprint density at radius 2 is 1.66 bits per heavy atom. The fourth-order valence-electron chi connectivity index (χ4n) is 3.88. The molecule has 1 aliphatic rings. The number of ether oxygens (including phenoxy) is 2. The van der Waals surface area contributed by atoms with Crippen LogP contribution in [0.25, 0.3) is 0 Å². The van der Waals surface area contributed by atoms with Crippen molar-refractivity contribution < 1.29 is 23.0 Å². The Labute approximate surface area is 185 Å². The lowest BCUT2D eigenvalue weighted by molar-refractivity contribution is 0.0137. The number of hydrogen-bond acceptors (Lipinski definition) is 5. The van der Waals surface area contributed by atoms with E-state index < -0.39 is 12.1 Å². The quantitative estimate of drug-likeness (QED) is 0.508. The van der Waals surface area contributed by atoms with Gasteiger partial charge in [-0.05, 0) is 53.9 Å². The Morgan fingerprint density at radius 1 is 1.03 bits per heavy atom. The van der Waals surface area contributed by atoms with Crippen molar-refractivity contribution in [2.75, 3.05) is 20.2 Å². The molecule has 0 bridgehead atoms. The number of methoxy groups -OCH3 is 1. The van der Waals surface area contributed by atoms with Gasteiger partial charge in [0.2, 0.25) is 0 Å². The number of pyridine rings is 1. The van der Waals surface area contributed by atoms with E-state index in [0.29, 0.717) is 13.1 Å². The molecule has 1 atom stereocenters. The number of likely N-dealkylation sites (tertiary alicyclic amines) is 1. The molecular weight excluding hydrogens is 414 g/mol. The number of benzene rings is 2. The lowest BCUT2D eigenvalue weighted by atomic mass is 10.0. The summed E-state index contributed by atoms with van der Waals surface area (Å²) < 4.78 is 38.0. The Kier molecular flexibility index (Phi) is 6.87. The first-order valence-electron chi connectivity index (χ1n) is 10.4. The van der Waals surface area contributed by atoms with Crippen LogP contribution < -0.4 is 0 Å². The van der Waals surface area contributed by atoms with E-state index >= 15 is 0 Å². The summed E-state index contributed by atoms with van der Waals surface area (Å²) in [7, 11) is 1.33. The summed E-state index contributed by atoms with van der Waals surface area (Å²) in [5.41, 5.74) is 2.68. The van der Waals surface area contributed by atoms with Gasteiger partial charge in [0.05, 0.1) is 18.9 Å². The summed E-state index contributed by atoms with van der Waals surface area (Å²) in [6.07, 6.45) is 0.330. The van der Waals surface area contributed by atoms with Gasteiger partial charge in [-0.3, -0.25) is 4.90 Å². The minimum atomic E-state index is -0.462. The zero-order valence-corrected chi connectivity index (χ0v) is 17.7. The van der Waals surface area contributed by atoms with Crippen LogP contribution in [0.1, 0.15) is 39.8 Å². The molecule has 0 unspecified atom stereocenters. The van der Waals surface area contributed by atoms with Crippen LogP contribution >= 0.6 is 0 Å². The first kappa shape index (κ1) is 22.0. The molecule has 0 aliphatic carbocycles. The first-order chi connectivity index (χ1) is 15.5. The molecule has 1 aliphatic heterocycles. The van der Waals surface area contributed by atoms with E-state index in [0.717, 1.165) is 29.8 Å². The normalized spacial score (nSPS) is 16.4. The number of nitrogens with zero attached hydrogens (tertiary/aromatic N) is 2. The van der Waals surface area contributed by atoms with Gasteiger partial charge in [-0.1, -0.05) is 30.3 Å². The Balaban J connectivity index is 1.45. The van der Waals surface area contributed by atoms with E-state index in [2.05, 4.69) is 9.88 Å². The second-order valence-corrected chi connectivity index (χ2v) is 7.77. The van der Waals surface area contributed by atoms with Crippen molar-refractivity contribution in [3.63, 3.8) is 0 Å². The van der Waals surface area contributed by atoms with Gasteiger partial charge in [0.25, 0.3) is 0 Å². The van der Waals surface area contributed by atoms with Gasteiger partial charge in [-0.2, -0.15) is 0 Å². The fourth-order valence-corrected chi connectivity index (χ4v) is 3.88. The summed E-state index contributed by atoms with van der Waals surface area (Å²) in [6.45, 7) is 2.08. The van der Waals surface area contributed by atoms with Gasteiger partial charge in [0, 0.05) is 19.6 Å². The van der Waals surface area contributed by atoms with Crippen LogP contribution in [0.4, 0.5) is 8.78 Å². The topological polar surface area (TPSA) is 51.7 Å². The smallest absolute Gasteiger partial charge is 0.356 e. The van der Waals surface area contributed by atoms with Gasteiger partial charge in [-0.15, -0.1) is 0 Å². The summed E-state index contributed by atoms with van der Waals surface area (Å²) in [4.78, 5) is 18.3. The number of carbonyl (C=O) groups is 1. The molecule has 1 aromatic heterocycles. The molecule has 5 nitrogen and oxygen atoms in total. The Morgan fingerprint density at radius 3 is 2.25 bits per heavy atom. The molecule has 7 heteroatoms. The third-order valence-electron chi connectivity index (χ3n) is 5.49. The van der Waals surface area contributed by atoms with Crippen LogP contribution in [0.2, 0.25) is 0 Å². The van der Waals surface area contributed by atoms with Crippen molar-refractivity contribution in [3.05, 3.63) is 101 Å². The molecule has 2 heterocycles. The monoisotopic (exact) mass is 438 g/mol. The average Bonchev–Trinajstić information content (AvgIpc) is 3.25. The third kappa shape index (κ3) is 5.36. The molecule has 1 fully saturated rings. The third-order valence-corrected chi connectivity index (χ3v) is 5.49. The van der Waals surface area contributed by atoms with Crippen LogP contribution in [0, 0.1) is 11.6 Å². The van der Waals surface area contributed by atoms with Crippen LogP contribution in [0.3, 0.4) is 0 Å². The zero-order chi connectivity index (χ0) is 22.5. The van der Waals surface area contributed by atoms with E-state index in [-0.39, 0.29) is 23.4 Å². The highest BCUT2D eigenvalue weighted by Gasteiger charge is 2.28. The maximum atomic E-state index is 13.4. The van der Waals surface area contributed by atoms with Gasteiger partial charge >= 0.3 is 5.97 Å². The summed E-state index contributed by atoms with van der Waals surface area (Å²) in [6, 6.07) is 17.7. The van der Waals surface area contributed by atoms with Crippen molar-refractivity contribution in [2.24, 2.45) is 0 Å². The highest BCUT2D eigenvalue weighted by molar-refractivity contribution is 5.87. The van der Waals surface area contributed by atoms with Crippen LogP contribution in [0.15, 0.2) is 66.7 Å². The Hall–Kier alpha value is -3.16. The second kappa shape index (κ2) is 9.97. The maximum Gasteiger partial charge on any atom is 0.356 e. The van der Waals surface area contributed by atoms with Gasteiger partial charge in [0.15, 0.2) is 0 Å². The standard InChI is InChI=1S/C25H24F2N2O3/c1-31-25(30)23-4-2-3-21(28-23)15-29-14-13-22(16-29)32-24(17-5-9-19(26)10-6-17)18-7-11-20(27)12-8-18/h2-12,22,24H,13-16H2,1H3/t22-/m0/s1. The molecule has 3 aromatic rings. The van der Waals surface area contributed by atoms with Gasteiger partial charge in [-0.25, -0.2) is 18.6 Å². The van der Waals surface area contributed by atoms with Crippen molar-refractivity contribution in [1.82, 2.24) is 9.88 Å². The average molecular weight is 438 g/mol. The molecule has 32 heavy (non-hydrogen) atoms. The van der Waals surface area contributed by atoms with Crippen molar-refractivity contribution in [2.45, 2.75) is 25.2 Å². The van der Waals surface area contributed by atoms with Gasteiger partial charge < -0.3 is 9.47 Å². The van der Waals surface area contributed by atoms with E-state index in [1.165, 1.54) is 31.4 Å². The SMILES string of the molecule is COC(=O)c1cccc(CN2CC[C@H](OC(c3ccc(F)cc3)c3ccc(F)cc3)C2)n1. The molecule has 0 N–H and O–H groups in total. The molecule has 166 valence electrons. The minimum absolute atomic E-state index is 0.0566. The van der Waals surface area contributed by atoms with Crippen molar-refractivity contribution in [3.8, 4) is 0 Å². The molecule has 2 aromatic carbocycles. The molecule has 0 amide bonds. The highest BCUT2D eigenvalue weighted by atomic mass is 19.1. The fraction of sp³-hybridized carbons (Fsp3) is 0.280. The van der Waals surface area contributed by atoms with Crippen LogP contribution in [0.5, 0.6) is 0 Å². The molecule has 4 rings (SSSR count). The van der Waals surface area contributed by atoms with Crippen LogP contribution in [-0.2, 0) is 16.0 Å². The lowest BCUT2D eigenvalue weighted by Crippen LogP contribution is -2.25. The van der Waals surface area contributed by atoms with E-state index in [9.17, 15) is 13.6 Å². The molecule has 0 saturated carbocycles. The second-order valence-electron chi connectivity index (χ2n) is 7.77. The van der Waals surface area contributed by atoms with E-state index in [4.69, 9.17) is 9.47 Å². The number of halogens is 2. The summed E-state index contributed by atoms with van der Waals surface area (Å²) >= 11 is 0. The van der Waals surface area contributed by atoms with Crippen molar-refractivity contribution >= 4 is 5.97 Å². The summed E-state index contributed by atoms with van der Waals surface area (Å²) in [5.74, 6) is -1.10. The van der Waals surface area contributed by atoms with Crippen molar-refractivity contribution in [1.29, 1.82) is 0 Å². The predicted octanol–water partition coefficient (Wildman–Crippen LogP) is 4.53. The Bertz CT molecular complexity index is 1010. The number of hydrogen-bond donors (Lipinski definition) is 0. The number of rotatable bonds is 7. The largest absolute Gasteiger partial charge is 0.464 e. The first-order valence-corrected chi connectivity index (χ1v) is 10.4. The van der Waals surface area contributed by atoms with E-state index in [1.54, 1.807) is 36.4 Å². The number of carbonyl (C=O) groups excluding carboxylic acids is 1. The maximum absolute atomic E-state index is 13.4. The van der Waals surface area contributed by atoms with Gasteiger partial charge in [0.1, 0.15) is 23.4 Å². The predicted molar refractivity (Wildman–Crippen MR) is 115 cm³/mol. The summed E-state index contributed by atoms with van der Waals surface area (Å²) in [5, 5.41) is 0.